The standard InChI is InChI=1S/C19H20N2O4/c1-21(10-12-6-7-16-17(8-12)25-11-24-16)19(22)14-9-13-4-3-5-15(13)20-18(14)23-2/h6-9H,3-5,10-11H2,1-2H3. The van der Waals surface area contributed by atoms with Crippen LogP contribution in [0.1, 0.15) is 33.6 Å². The van der Waals surface area contributed by atoms with Crippen molar-refractivity contribution in [3.63, 3.8) is 0 Å². The van der Waals surface area contributed by atoms with E-state index in [0.29, 0.717) is 18.0 Å². The highest BCUT2D eigenvalue weighted by Crippen LogP contribution is 2.33. The highest BCUT2D eigenvalue weighted by molar-refractivity contribution is 5.96. The van der Waals surface area contributed by atoms with E-state index >= 15 is 0 Å². The summed E-state index contributed by atoms with van der Waals surface area (Å²) in [4.78, 5) is 19.1. The number of aromatic nitrogens is 1. The van der Waals surface area contributed by atoms with Crippen LogP contribution in [0, 0.1) is 0 Å². The average molecular weight is 340 g/mol. The third-order valence-electron chi connectivity index (χ3n) is 4.64. The molecule has 0 unspecified atom stereocenters. The van der Waals surface area contributed by atoms with Gasteiger partial charge in [-0.15, -0.1) is 0 Å². The molecule has 0 atom stereocenters. The SMILES string of the molecule is COc1nc2c(cc1C(=O)N(C)Cc1ccc3c(c1)OCO3)CCC2. The third kappa shape index (κ3) is 2.88. The summed E-state index contributed by atoms with van der Waals surface area (Å²) in [5.41, 5.74) is 3.70. The van der Waals surface area contributed by atoms with Crippen LogP contribution in [-0.2, 0) is 19.4 Å². The van der Waals surface area contributed by atoms with Crippen LogP contribution in [0.4, 0.5) is 0 Å². The molecule has 1 aromatic carbocycles. The predicted molar refractivity (Wildman–Crippen MR) is 91.2 cm³/mol. The van der Waals surface area contributed by atoms with Gasteiger partial charge in [-0.1, -0.05) is 6.07 Å². The summed E-state index contributed by atoms with van der Waals surface area (Å²) in [5.74, 6) is 1.76. The van der Waals surface area contributed by atoms with Crippen LogP contribution >= 0.6 is 0 Å². The molecule has 0 N–H and O–H groups in total. The number of carbonyl (C=O) groups excluding carboxylic acids is 1. The van der Waals surface area contributed by atoms with Crippen LogP contribution in [0.3, 0.4) is 0 Å². The Kier molecular flexibility index (Phi) is 3.95. The minimum absolute atomic E-state index is 0.100. The summed E-state index contributed by atoms with van der Waals surface area (Å²) < 4.78 is 16.1. The zero-order valence-corrected chi connectivity index (χ0v) is 14.4. The molecule has 25 heavy (non-hydrogen) atoms. The number of methoxy groups -OCH3 is 1. The van der Waals surface area contributed by atoms with Gasteiger partial charge in [0.05, 0.1) is 7.11 Å². The van der Waals surface area contributed by atoms with E-state index in [1.165, 1.54) is 0 Å². The lowest BCUT2D eigenvalue weighted by Crippen LogP contribution is -2.27. The van der Waals surface area contributed by atoms with E-state index < -0.39 is 0 Å². The van der Waals surface area contributed by atoms with Gasteiger partial charge in [0.1, 0.15) is 5.56 Å². The molecule has 6 heteroatoms. The van der Waals surface area contributed by atoms with Crippen molar-refractivity contribution in [2.75, 3.05) is 21.0 Å². The quantitative estimate of drug-likeness (QED) is 0.856. The van der Waals surface area contributed by atoms with Crippen LogP contribution in [0.5, 0.6) is 17.4 Å². The summed E-state index contributed by atoms with van der Waals surface area (Å²) in [6.45, 7) is 0.710. The molecule has 1 aromatic heterocycles. The van der Waals surface area contributed by atoms with E-state index in [4.69, 9.17) is 14.2 Å². The highest BCUT2D eigenvalue weighted by Gasteiger charge is 2.23. The Hall–Kier alpha value is -2.76. The van der Waals surface area contributed by atoms with Gasteiger partial charge in [-0.25, -0.2) is 4.98 Å². The summed E-state index contributed by atoms with van der Waals surface area (Å²) >= 11 is 0. The topological polar surface area (TPSA) is 60.9 Å². The van der Waals surface area contributed by atoms with Crippen LogP contribution in [-0.4, -0.2) is 36.7 Å². The van der Waals surface area contributed by atoms with E-state index in [9.17, 15) is 4.79 Å². The number of aryl methyl sites for hydroxylation is 2. The number of amides is 1. The lowest BCUT2D eigenvalue weighted by molar-refractivity contribution is 0.0780. The summed E-state index contributed by atoms with van der Waals surface area (Å²) in [6, 6.07) is 7.65. The zero-order chi connectivity index (χ0) is 17.4. The first kappa shape index (κ1) is 15.7. The Morgan fingerprint density at radius 1 is 1.24 bits per heavy atom. The third-order valence-corrected chi connectivity index (χ3v) is 4.64. The fourth-order valence-electron chi connectivity index (χ4n) is 3.35. The maximum Gasteiger partial charge on any atom is 0.259 e. The van der Waals surface area contributed by atoms with E-state index in [1.54, 1.807) is 19.1 Å². The van der Waals surface area contributed by atoms with E-state index in [1.807, 2.05) is 24.3 Å². The van der Waals surface area contributed by atoms with Gasteiger partial charge >= 0.3 is 0 Å². The predicted octanol–water partition coefficient (Wildman–Crippen LogP) is 2.58. The molecular weight excluding hydrogens is 320 g/mol. The molecule has 4 rings (SSSR count). The van der Waals surface area contributed by atoms with Crippen molar-refractivity contribution >= 4 is 5.91 Å². The molecule has 2 aromatic rings. The number of fused-ring (bicyclic) bond motifs is 2. The number of hydrogen-bond donors (Lipinski definition) is 0. The van der Waals surface area contributed by atoms with Crippen molar-refractivity contribution in [2.45, 2.75) is 25.8 Å². The Labute approximate surface area is 146 Å². The molecule has 0 bridgehead atoms. The largest absolute Gasteiger partial charge is 0.480 e. The fraction of sp³-hybridized carbons (Fsp3) is 0.368. The minimum atomic E-state index is -0.100. The number of hydrogen-bond acceptors (Lipinski definition) is 5. The first-order valence-corrected chi connectivity index (χ1v) is 8.36. The number of pyridine rings is 1. The van der Waals surface area contributed by atoms with Gasteiger partial charge in [-0.3, -0.25) is 4.79 Å². The van der Waals surface area contributed by atoms with Crippen molar-refractivity contribution in [3.8, 4) is 17.4 Å². The molecule has 0 spiro atoms. The average Bonchev–Trinajstić information content (AvgIpc) is 3.27. The highest BCUT2D eigenvalue weighted by atomic mass is 16.7. The maximum atomic E-state index is 12.9. The molecule has 1 aliphatic heterocycles. The second-order valence-corrected chi connectivity index (χ2v) is 6.35. The maximum absolute atomic E-state index is 12.9. The molecule has 1 amide bonds. The van der Waals surface area contributed by atoms with Gasteiger partial charge in [0, 0.05) is 19.3 Å². The van der Waals surface area contributed by atoms with Crippen LogP contribution in [0.2, 0.25) is 0 Å². The lowest BCUT2D eigenvalue weighted by Gasteiger charge is -2.19. The Morgan fingerprint density at radius 2 is 2.08 bits per heavy atom. The van der Waals surface area contributed by atoms with E-state index in [0.717, 1.165) is 47.6 Å². The Bertz CT molecular complexity index is 834. The van der Waals surface area contributed by atoms with Crippen molar-refractivity contribution in [1.82, 2.24) is 9.88 Å². The van der Waals surface area contributed by atoms with Crippen molar-refractivity contribution in [1.29, 1.82) is 0 Å². The molecule has 2 heterocycles. The monoisotopic (exact) mass is 340 g/mol. The molecular formula is C19H20N2O4. The molecule has 6 nitrogen and oxygen atoms in total. The molecule has 0 fully saturated rings. The van der Waals surface area contributed by atoms with Crippen LogP contribution < -0.4 is 14.2 Å². The normalized spacial score (nSPS) is 14.3. The number of rotatable bonds is 4. The first-order chi connectivity index (χ1) is 12.2. The number of nitrogens with zero attached hydrogens (tertiary/aromatic N) is 2. The fourth-order valence-corrected chi connectivity index (χ4v) is 3.35. The summed E-state index contributed by atoms with van der Waals surface area (Å²) in [5, 5.41) is 0. The van der Waals surface area contributed by atoms with Crippen LogP contribution in [0.25, 0.3) is 0 Å². The lowest BCUT2D eigenvalue weighted by atomic mass is 10.1. The van der Waals surface area contributed by atoms with Gasteiger partial charge in [-0.2, -0.15) is 0 Å². The number of benzene rings is 1. The molecule has 1 aliphatic carbocycles. The number of carbonyl (C=O) groups is 1. The van der Waals surface area contributed by atoms with Crippen LogP contribution in [0.15, 0.2) is 24.3 Å². The second kappa shape index (κ2) is 6.27. The minimum Gasteiger partial charge on any atom is -0.480 e. The molecule has 130 valence electrons. The molecule has 0 saturated heterocycles. The van der Waals surface area contributed by atoms with E-state index in [2.05, 4.69) is 4.98 Å². The summed E-state index contributed by atoms with van der Waals surface area (Å²) in [7, 11) is 3.33. The van der Waals surface area contributed by atoms with Gasteiger partial charge in [0.25, 0.3) is 5.91 Å². The van der Waals surface area contributed by atoms with Crippen molar-refractivity contribution < 1.29 is 19.0 Å². The van der Waals surface area contributed by atoms with Gasteiger partial charge in [0.15, 0.2) is 11.5 Å². The van der Waals surface area contributed by atoms with Gasteiger partial charge < -0.3 is 19.1 Å². The van der Waals surface area contributed by atoms with E-state index in [-0.39, 0.29) is 12.7 Å². The van der Waals surface area contributed by atoms with Crippen molar-refractivity contribution in [2.24, 2.45) is 0 Å². The first-order valence-electron chi connectivity index (χ1n) is 8.36. The van der Waals surface area contributed by atoms with Crippen molar-refractivity contribution in [3.05, 3.63) is 46.6 Å². The molecule has 0 saturated carbocycles. The smallest absolute Gasteiger partial charge is 0.259 e. The van der Waals surface area contributed by atoms with Gasteiger partial charge in [0.2, 0.25) is 12.7 Å². The molecule has 0 radical (unpaired) electrons. The number of ether oxygens (including phenoxy) is 3. The Morgan fingerprint density at radius 3 is 2.92 bits per heavy atom. The summed E-state index contributed by atoms with van der Waals surface area (Å²) in [6.07, 6.45) is 3.00. The van der Waals surface area contributed by atoms with Gasteiger partial charge in [-0.05, 0) is 48.6 Å². The Balaban J connectivity index is 1.56. The second-order valence-electron chi connectivity index (χ2n) is 6.35. The zero-order valence-electron chi connectivity index (χ0n) is 14.4. The molecule has 2 aliphatic rings.